The molecule has 1 aromatic carbocycles. The van der Waals surface area contributed by atoms with Gasteiger partial charge < -0.3 is 4.74 Å². The number of nitro benzene ring substituents is 1. The van der Waals surface area contributed by atoms with E-state index in [0.29, 0.717) is 12.5 Å². The molecule has 0 saturated carbocycles. The van der Waals surface area contributed by atoms with Crippen molar-refractivity contribution in [3.63, 3.8) is 0 Å². The summed E-state index contributed by atoms with van der Waals surface area (Å²) in [4.78, 5) is 10.2. The van der Waals surface area contributed by atoms with Crippen LogP contribution in [0.5, 0.6) is 5.75 Å². The van der Waals surface area contributed by atoms with E-state index in [4.69, 9.17) is 16.3 Å². The Morgan fingerprint density at radius 2 is 2.11 bits per heavy atom. The topological polar surface area (TPSA) is 52.4 Å². The Balaban J connectivity index is 2.68. The number of nitro groups is 1. The zero-order valence-corrected chi connectivity index (χ0v) is 11.8. The zero-order valence-electron chi connectivity index (χ0n) is 9.50. The first-order valence-electron chi connectivity index (χ1n) is 5.38. The molecular weight excluding hydrogens is 328 g/mol. The van der Waals surface area contributed by atoms with Gasteiger partial charge in [0.25, 0.3) is 0 Å². The Morgan fingerprint density at radius 3 is 2.72 bits per heavy atom. The molecule has 100 valence electrons. The predicted molar refractivity (Wildman–Crippen MR) is 70.8 cm³/mol. The van der Waals surface area contributed by atoms with Crippen LogP contribution < -0.4 is 4.74 Å². The minimum atomic E-state index is -0.599. The molecule has 1 aromatic rings. The third kappa shape index (κ3) is 4.42. The Bertz CT molecular complexity index is 431. The van der Waals surface area contributed by atoms with Crippen LogP contribution in [0.2, 0.25) is 0 Å². The molecule has 0 saturated heterocycles. The Kier molecular flexibility index (Phi) is 6.35. The molecule has 0 heterocycles. The smallest absolute Gasteiger partial charge is 0.312 e. The summed E-state index contributed by atoms with van der Waals surface area (Å²) in [6.45, 7) is 0.304. The molecule has 0 aliphatic heterocycles. The SMILES string of the molecule is O=[N+]([O-])c1cc(Br)c(F)cc1OCCCCCCl. The second-order valence-electron chi connectivity index (χ2n) is 3.59. The van der Waals surface area contributed by atoms with E-state index < -0.39 is 10.7 Å². The zero-order chi connectivity index (χ0) is 13.5. The summed E-state index contributed by atoms with van der Waals surface area (Å²) < 4.78 is 18.6. The molecule has 0 aliphatic rings. The van der Waals surface area contributed by atoms with Crippen LogP contribution in [0, 0.1) is 15.9 Å². The number of hydrogen-bond acceptors (Lipinski definition) is 3. The highest BCUT2D eigenvalue weighted by atomic mass is 79.9. The van der Waals surface area contributed by atoms with Gasteiger partial charge in [-0.25, -0.2) is 4.39 Å². The summed E-state index contributed by atoms with van der Waals surface area (Å²) in [5.41, 5.74) is -0.249. The highest BCUT2D eigenvalue weighted by molar-refractivity contribution is 9.10. The number of alkyl halides is 1. The molecule has 1 rings (SSSR count). The molecule has 0 aliphatic carbocycles. The van der Waals surface area contributed by atoms with Crippen molar-refractivity contribution < 1.29 is 14.1 Å². The maximum atomic E-state index is 13.3. The molecule has 18 heavy (non-hydrogen) atoms. The minimum Gasteiger partial charge on any atom is -0.487 e. The van der Waals surface area contributed by atoms with Crippen LogP contribution in [0.15, 0.2) is 16.6 Å². The first-order chi connectivity index (χ1) is 8.56. The van der Waals surface area contributed by atoms with E-state index in [1.54, 1.807) is 0 Å². The van der Waals surface area contributed by atoms with Crippen LogP contribution in [0.25, 0.3) is 0 Å². The predicted octanol–water partition coefficient (Wildman–Crippen LogP) is 4.28. The van der Waals surface area contributed by atoms with Crippen LogP contribution in [0.4, 0.5) is 10.1 Å². The van der Waals surface area contributed by atoms with Gasteiger partial charge in [0.2, 0.25) is 0 Å². The third-order valence-electron chi connectivity index (χ3n) is 2.23. The van der Waals surface area contributed by atoms with Gasteiger partial charge in [-0.1, -0.05) is 0 Å². The van der Waals surface area contributed by atoms with Gasteiger partial charge in [-0.2, -0.15) is 0 Å². The summed E-state index contributed by atoms with van der Waals surface area (Å²) in [6.07, 6.45) is 2.46. The molecule has 0 unspecified atom stereocenters. The third-order valence-corrected chi connectivity index (χ3v) is 3.11. The number of rotatable bonds is 7. The van der Waals surface area contributed by atoms with Gasteiger partial charge in [0.15, 0.2) is 5.75 Å². The first-order valence-corrected chi connectivity index (χ1v) is 6.71. The molecule has 0 spiro atoms. The molecule has 7 heteroatoms. The number of hydrogen-bond donors (Lipinski definition) is 0. The number of halogens is 3. The fraction of sp³-hybridized carbons (Fsp3) is 0.455. The molecule has 0 amide bonds. The molecule has 0 N–H and O–H groups in total. The maximum absolute atomic E-state index is 13.3. The second kappa shape index (κ2) is 7.53. The Hall–Kier alpha value is -0.880. The number of benzene rings is 1. The lowest BCUT2D eigenvalue weighted by atomic mass is 10.2. The lowest BCUT2D eigenvalue weighted by Crippen LogP contribution is -2.01. The minimum absolute atomic E-state index is 0.0451. The van der Waals surface area contributed by atoms with E-state index in [0.717, 1.165) is 31.4 Å². The fourth-order valence-electron chi connectivity index (χ4n) is 1.33. The number of nitrogens with zero attached hydrogens (tertiary/aromatic N) is 1. The highest BCUT2D eigenvalue weighted by Gasteiger charge is 2.18. The summed E-state index contributed by atoms with van der Waals surface area (Å²) in [5, 5.41) is 10.8. The van der Waals surface area contributed by atoms with Crippen LogP contribution in [-0.4, -0.2) is 17.4 Å². The van der Waals surface area contributed by atoms with E-state index >= 15 is 0 Å². The van der Waals surface area contributed by atoms with Gasteiger partial charge in [-0.3, -0.25) is 10.1 Å². The number of ether oxygens (including phenoxy) is 1. The van der Waals surface area contributed by atoms with E-state index in [2.05, 4.69) is 15.9 Å². The highest BCUT2D eigenvalue weighted by Crippen LogP contribution is 2.32. The van der Waals surface area contributed by atoms with Crippen molar-refractivity contribution in [3.8, 4) is 5.75 Å². The molecule has 0 aromatic heterocycles. The van der Waals surface area contributed by atoms with Gasteiger partial charge >= 0.3 is 5.69 Å². The Labute approximate surface area is 117 Å². The standard InChI is InChI=1S/C11H12BrClFNO3/c12-8-6-10(15(16)17)11(7-9(8)14)18-5-3-1-2-4-13/h6-7H,1-5H2. The maximum Gasteiger partial charge on any atom is 0.312 e. The quantitative estimate of drug-likeness (QED) is 0.322. The molecule has 0 atom stereocenters. The van der Waals surface area contributed by atoms with Gasteiger partial charge in [0.05, 0.1) is 16.0 Å². The summed E-state index contributed by atoms with van der Waals surface area (Å²) >= 11 is 8.42. The normalized spacial score (nSPS) is 10.4. The number of unbranched alkanes of at least 4 members (excludes halogenated alkanes) is 2. The summed E-state index contributed by atoms with van der Waals surface area (Å²) in [5.74, 6) is -0.0597. The lowest BCUT2D eigenvalue weighted by Gasteiger charge is -2.07. The van der Waals surface area contributed by atoms with Crippen LogP contribution in [0.1, 0.15) is 19.3 Å². The van der Waals surface area contributed by atoms with Crippen molar-refractivity contribution in [1.82, 2.24) is 0 Å². The van der Waals surface area contributed by atoms with Crippen LogP contribution in [-0.2, 0) is 0 Å². The molecule has 0 fully saturated rings. The van der Waals surface area contributed by atoms with Crippen molar-refractivity contribution >= 4 is 33.2 Å². The second-order valence-corrected chi connectivity index (χ2v) is 4.82. The van der Waals surface area contributed by atoms with Gasteiger partial charge in [0.1, 0.15) is 5.82 Å². The monoisotopic (exact) mass is 339 g/mol. The van der Waals surface area contributed by atoms with E-state index in [-0.39, 0.29) is 15.9 Å². The molecule has 4 nitrogen and oxygen atoms in total. The van der Waals surface area contributed by atoms with E-state index in [1.807, 2.05) is 0 Å². The summed E-state index contributed by atoms with van der Waals surface area (Å²) in [7, 11) is 0. The van der Waals surface area contributed by atoms with Gasteiger partial charge in [-0.05, 0) is 35.2 Å². The Morgan fingerprint density at radius 1 is 1.39 bits per heavy atom. The lowest BCUT2D eigenvalue weighted by molar-refractivity contribution is -0.386. The van der Waals surface area contributed by atoms with Crippen molar-refractivity contribution in [2.24, 2.45) is 0 Å². The van der Waals surface area contributed by atoms with Crippen molar-refractivity contribution in [3.05, 3.63) is 32.5 Å². The fourth-order valence-corrected chi connectivity index (χ4v) is 1.85. The van der Waals surface area contributed by atoms with Crippen LogP contribution >= 0.6 is 27.5 Å². The molecule has 0 radical (unpaired) electrons. The summed E-state index contributed by atoms with van der Waals surface area (Å²) in [6, 6.07) is 2.12. The van der Waals surface area contributed by atoms with Crippen molar-refractivity contribution in [2.45, 2.75) is 19.3 Å². The first kappa shape index (κ1) is 15.2. The van der Waals surface area contributed by atoms with E-state index in [9.17, 15) is 14.5 Å². The van der Waals surface area contributed by atoms with Crippen LogP contribution in [0.3, 0.4) is 0 Å². The van der Waals surface area contributed by atoms with Gasteiger partial charge in [0, 0.05) is 18.0 Å². The van der Waals surface area contributed by atoms with Gasteiger partial charge in [-0.15, -0.1) is 11.6 Å². The molecule has 0 bridgehead atoms. The van der Waals surface area contributed by atoms with Crippen molar-refractivity contribution in [1.29, 1.82) is 0 Å². The van der Waals surface area contributed by atoms with Crippen molar-refractivity contribution in [2.75, 3.05) is 12.5 Å². The average Bonchev–Trinajstić information content (AvgIpc) is 2.32. The average molecular weight is 341 g/mol. The largest absolute Gasteiger partial charge is 0.487 e. The van der Waals surface area contributed by atoms with E-state index in [1.165, 1.54) is 0 Å². The molecular formula is C11H12BrClFNO3.